The molecule has 0 spiro atoms. The molecule has 0 atom stereocenters. The Morgan fingerprint density at radius 3 is 2.79 bits per heavy atom. The van der Waals surface area contributed by atoms with E-state index < -0.39 is 0 Å². The summed E-state index contributed by atoms with van der Waals surface area (Å²) in [6.45, 7) is 0.336. The van der Waals surface area contributed by atoms with Crippen molar-refractivity contribution in [2.75, 3.05) is 25.2 Å². The number of likely N-dealkylation sites (N-methyl/N-ethyl adjacent to an activating group) is 1. The van der Waals surface area contributed by atoms with Crippen LogP contribution in [0, 0.1) is 0 Å². The van der Waals surface area contributed by atoms with Crippen molar-refractivity contribution in [1.82, 2.24) is 5.32 Å². The Balaban J connectivity index is 2.70. The third-order valence-electron chi connectivity index (χ3n) is 1.72. The van der Waals surface area contributed by atoms with E-state index in [2.05, 4.69) is 10.6 Å². The van der Waals surface area contributed by atoms with Crippen LogP contribution in [0.4, 0.5) is 5.69 Å². The Bertz CT molecular complexity index is 315. The van der Waals surface area contributed by atoms with E-state index >= 15 is 0 Å². The molecule has 2 N–H and O–H groups in total. The van der Waals surface area contributed by atoms with E-state index in [4.69, 9.17) is 0 Å². The summed E-state index contributed by atoms with van der Waals surface area (Å²) in [7, 11) is 1.75. The Morgan fingerprint density at radius 1 is 1.43 bits per heavy atom. The zero-order valence-electron chi connectivity index (χ0n) is 8.33. The lowest BCUT2D eigenvalue weighted by Crippen LogP contribution is -2.25. The first-order valence-electron chi connectivity index (χ1n) is 4.35. The SMILES string of the molecule is CNCC(=O)Nc1ccccc1SC. The van der Waals surface area contributed by atoms with Gasteiger partial charge in [-0.2, -0.15) is 0 Å². The molecule has 0 heterocycles. The van der Waals surface area contributed by atoms with E-state index in [-0.39, 0.29) is 5.91 Å². The molecule has 4 heteroatoms. The maximum atomic E-state index is 11.3. The van der Waals surface area contributed by atoms with Crippen molar-refractivity contribution in [2.24, 2.45) is 0 Å². The molecule has 1 aromatic rings. The number of hydrogen-bond acceptors (Lipinski definition) is 3. The van der Waals surface area contributed by atoms with Gasteiger partial charge in [0.15, 0.2) is 0 Å². The lowest BCUT2D eigenvalue weighted by atomic mass is 10.3. The van der Waals surface area contributed by atoms with E-state index in [0.717, 1.165) is 10.6 Å². The van der Waals surface area contributed by atoms with Gasteiger partial charge in [0.25, 0.3) is 0 Å². The fourth-order valence-corrected chi connectivity index (χ4v) is 1.66. The normalized spacial score (nSPS) is 9.86. The first-order valence-corrected chi connectivity index (χ1v) is 5.58. The van der Waals surface area contributed by atoms with Crippen LogP contribution in [-0.4, -0.2) is 25.8 Å². The number of benzene rings is 1. The second-order valence-corrected chi connectivity index (χ2v) is 3.63. The van der Waals surface area contributed by atoms with Crippen molar-refractivity contribution >= 4 is 23.4 Å². The third-order valence-corrected chi connectivity index (χ3v) is 2.51. The summed E-state index contributed by atoms with van der Waals surface area (Å²) < 4.78 is 0. The molecule has 0 unspecified atom stereocenters. The van der Waals surface area contributed by atoms with Gasteiger partial charge in [0.05, 0.1) is 12.2 Å². The van der Waals surface area contributed by atoms with Crippen molar-refractivity contribution in [3.63, 3.8) is 0 Å². The summed E-state index contributed by atoms with van der Waals surface area (Å²) in [5.41, 5.74) is 0.875. The summed E-state index contributed by atoms with van der Waals surface area (Å²) in [6, 6.07) is 7.76. The Morgan fingerprint density at radius 2 is 2.14 bits per heavy atom. The number of carbonyl (C=O) groups excluding carboxylic acids is 1. The molecule has 0 radical (unpaired) electrons. The summed E-state index contributed by atoms with van der Waals surface area (Å²) in [6.07, 6.45) is 1.99. The molecule has 0 aliphatic rings. The van der Waals surface area contributed by atoms with Crippen LogP contribution in [0.25, 0.3) is 0 Å². The van der Waals surface area contributed by atoms with Crippen LogP contribution in [0.3, 0.4) is 0 Å². The zero-order chi connectivity index (χ0) is 10.4. The summed E-state index contributed by atoms with van der Waals surface area (Å²) in [5, 5.41) is 5.65. The van der Waals surface area contributed by atoms with Crippen molar-refractivity contribution in [1.29, 1.82) is 0 Å². The van der Waals surface area contributed by atoms with Crippen LogP contribution in [0.15, 0.2) is 29.2 Å². The predicted octanol–water partition coefficient (Wildman–Crippen LogP) is 1.57. The number of nitrogens with one attached hydrogen (secondary N) is 2. The fourth-order valence-electron chi connectivity index (χ4n) is 1.10. The highest BCUT2D eigenvalue weighted by atomic mass is 32.2. The smallest absolute Gasteiger partial charge is 0.238 e. The van der Waals surface area contributed by atoms with Crippen LogP contribution < -0.4 is 10.6 Å². The maximum Gasteiger partial charge on any atom is 0.238 e. The van der Waals surface area contributed by atoms with Crippen molar-refractivity contribution in [3.05, 3.63) is 24.3 Å². The van der Waals surface area contributed by atoms with Gasteiger partial charge in [0, 0.05) is 4.90 Å². The van der Waals surface area contributed by atoms with Crippen LogP contribution in [0.5, 0.6) is 0 Å². The largest absolute Gasteiger partial charge is 0.324 e. The predicted molar refractivity (Wildman–Crippen MR) is 60.8 cm³/mol. The van der Waals surface area contributed by atoms with Crippen molar-refractivity contribution in [3.8, 4) is 0 Å². The second kappa shape index (κ2) is 5.67. The summed E-state index contributed by atoms with van der Waals surface area (Å²) >= 11 is 1.62. The van der Waals surface area contributed by atoms with Crippen LogP contribution in [0.1, 0.15) is 0 Å². The molecule has 0 aromatic heterocycles. The Labute approximate surface area is 88.3 Å². The van der Waals surface area contributed by atoms with E-state index in [1.54, 1.807) is 18.8 Å². The molecule has 0 saturated heterocycles. The Hall–Kier alpha value is -1.00. The number of hydrogen-bond donors (Lipinski definition) is 2. The summed E-state index contributed by atoms with van der Waals surface area (Å²) in [5.74, 6) is -0.0194. The molecule has 0 bridgehead atoms. The molecule has 1 aromatic carbocycles. The highest BCUT2D eigenvalue weighted by Gasteiger charge is 2.03. The number of thioether (sulfide) groups is 1. The molecular formula is C10H14N2OS. The number of rotatable bonds is 4. The molecule has 14 heavy (non-hydrogen) atoms. The van der Waals surface area contributed by atoms with Gasteiger partial charge >= 0.3 is 0 Å². The van der Waals surface area contributed by atoms with Gasteiger partial charge < -0.3 is 10.6 Å². The molecule has 1 amide bonds. The minimum atomic E-state index is -0.0194. The second-order valence-electron chi connectivity index (χ2n) is 2.78. The molecule has 0 saturated carbocycles. The highest BCUT2D eigenvalue weighted by molar-refractivity contribution is 7.98. The standard InChI is InChI=1S/C10H14N2OS/c1-11-7-10(13)12-8-5-3-4-6-9(8)14-2/h3-6,11H,7H2,1-2H3,(H,12,13). The quantitative estimate of drug-likeness (QED) is 0.741. The topological polar surface area (TPSA) is 41.1 Å². The van der Waals surface area contributed by atoms with E-state index in [0.29, 0.717) is 6.54 Å². The van der Waals surface area contributed by atoms with Crippen LogP contribution in [-0.2, 0) is 4.79 Å². The third kappa shape index (κ3) is 3.05. The average Bonchev–Trinajstić information content (AvgIpc) is 2.19. The van der Waals surface area contributed by atoms with Gasteiger partial charge in [-0.3, -0.25) is 4.79 Å². The van der Waals surface area contributed by atoms with Gasteiger partial charge in [0.2, 0.25) is 5.91 Å². The van der Waals surface area contributed by atoms with Crippen molar-refractivity contribution < 1.29 is 4.79 Å². The van der Waals surface area contributed by atoms with Crippen molar-refractivity contribution in [2.45, 2.75) is 4.90 Å². The molecule has 76 valence electrons. The van der Waals surface area contributed by atoms with Gasteiger partial charge in [-0.05, 0) is 25.4 Å². The molecular weight excluding hydrogens is 196 g/mol. The summed E-state index contributed by atoms with van der Waals surface area (Å²) in [4.78, 5) is 12.4. The zero-order valence-corrected chi connectivity index (χ0v) is 9.15. The molecule has 0 aliphatic carbocycles. The minimum Gasteiger partial charge on any atom is -0.324 e. The maximum absolute atomic E-state index is 11.3. The minimum absolute atomic E-state index is 0.0194. The average molecular weight is 210 g/mol. The van der Waals surface area contributed by atoms with E-state index in [1.807, 2.05) is 30.5 Å². The number of para-hydroxylation sites is 1. The van der Waals surface area contributed by atoms with E-state index in [1.165, 1.54) is 0 Å². The number of carbonyl (C=O) groups is 1. The molecule has 3 nitrogen and oxygen atoms in total. The van der Waals surface area contributed by atoms with Crippen LogP contribution >= 0.6 is 11.8 Å². The Kier molecular flexibility index (Phi) is 4.49. The fraction of sp³-hybridized carbons (Fsp3) is 0.300. The number of anilines is 1. The van der Waals surface area contributed by atoms with Gasteiger partial charge in [0.1, 0.15) is 0 Å². The van der Waals surface area contributed by atoms with E-state index in [9.17, 15) is 4.79 Å². The van der Waals surface area contributed by atoms with Gasteiger partial charge in [-0.1, -0.05) is 12.1 Å². The first-order chi connectivity index (χ1) is 6.77. The molecule has 1 rings (SSSR count). The first kappa shape index (κ1) is 11.1. The molecule has 0 fully saturated rings. The van der Waals surface area contributed by atoms with Gasteiger partial charge in [-0.15, -0.1) is 11.8 Å². The van der Waals surface area contributed by atoms with Gasteiger partial charge in [-0.25, -0.2) is 0 Å². The molecule has 0 aliphatic heterocycles. The highest BCUT2D eigenvalue weighted by Crippen LogP contribution is 2.24. The number of amides is 1. The van der Waals surface area contributed by atoms with Crippen LogP contribution in [0.2, 0.25) is 0 Å². The lowest BCUT2D eigenvalue weighted by Gasteiger charge is -2.08. The monoisotopic (exact) mass is 210 g/mol. The lowest BCUT2D eigenvalue weighted by molar-refractivity contribution is -0.115.